The van der Waals surface area contributed by atoms with Crippen molar-refractivity contribution in [3.05, 3.63) is 35.4 Å². The topological polar surface area (TPSA) is 40.6 Å². The van der Waals surface area contributed by atoms with Crippen molar-refractivity contribution >= 4 is 10.2 Å². The van der Waals surface area contributed by atoms with Crippen LogP contribution in [0.25, 0.3) is 0 Å². The molecule has 1 saturated heterocycles. The molecule has 4 nitrogen and oxygen atoms in total. The Morgan fingerprint density at radius 3 is 2.64 bits per heavy atom. The summed E-state index contributed by atoms with van der Waals surface area (Å²) in [5.74, 6) is -1.43. The van der Waals surface area contributed by atoms with E-state index in [1.165, 1.54) is 28.8 Å². The van der Waals surface area contributed by atoms with Crippen LogP contribution in [0.3, 0.4) is 0 Å². The highest BCUT2D eigenvalue weighted by atomic mass is 32.2. The fraction of sp³-hybridized carbons (Fsp3) is 0.600. The van der Waals surface area contributed by atoms with Crippen molar-refractivity contribution in [3.8, 4) is 0 Å². The number of nitrogens with zero attached hydrogens (tertiary/aromatic N) is 2. The maximum atomic E-state index is 13.2. The molecule has 1 aliphatic rings. The molecule has 0 bridgehead atoms. The monoisotopic (exact) mass is 332 g/mol. The van der Waals surface area contributed by atoms with E-state index in [2.05, 4.69) is 0 Å². The third-order valence-corrected chi connectivity index (χ3v) is 6.00. The summed E-state index contributed by atoms with van der Waals surface area (Å²) in [5, 5.41) is 0. The second-order valence-corrected chi connectivity index (χ2v) is 8.09. The van der Waals surface area contributed by atoms with Gasteiger partial charge in [0.1, 0.15) is 0 Å². The second-order valence-electron chi connectivity index (χ2n) is 5.94. The molecule has 1 unspecified atom stereocenters. The predicted octanol–water partition coefficient (Wildman–Crippen LogP) is 2.42. The summed E-state index contributed by atoms with van der Waals surface area (Å²) in [6.45, 7) is 1.03. The molecule has 0 aliphatic carbocycles. The van der Waals surface area contributed by atoms with E-state index in [1.54, 1.807) is 6.07 Å². The smallest absolute Gasteiger partial charge is 0.204 e. The van der Waals surface area contributed by atoms with Gasteiger partial charge in [0.05, 0.1) is 0 Å². The Balaban J connectivity index is 1.94. The molecule has 22 heavy (non-hydrogen) atoms. The molecule has 0 aromatic heterocycles. The van der Waals surface area contributed by atoms with Crippen molar-refractivity contribution in [2.75, 3.05) is 27.2 Å². The summed E-state index contributed by atoms with van der Waals surface area (Å²) in [6, 6.07) is 3.93. The highest BCUT2D eigenvalue weighted by Gasteiger charge is 2.30. The molecule has 0 saturated carbocycles. The first kappa shape index (κ1) is 17.3. The quantitative estimate of drug-likeness (QED) is 0.831. The van der Waals surface area contributed by atoms with Crippen molar-refractivity contribution < 1.29 is 17.2 Å². The van der Waals surface area contributed by atoms with Gasteiger partial charge in [-0.3, -0.25) is 0 Å². The van der Waals surface area contributed by atoms with Crippen molar-refractivity contribution in [2.24, 2.45) is 5.92 Å². The van der Waals surface area contributed by atoms with Gasteiger partial charge in [-0.05, 0) is 49.3 Å². The van der Waals surface area contributed by atoms with Gasteiger partial charge in [-0.25, -0.2) is 8.78 Å². The third-order valence-electron chi connectivity index (χ3n) is 4.09. The van der Waals surface area contributed by atoms with E-state index in [1.807, 2.05) is 0 Å². The molecule has 1 aliphatic heterocycles. The lowest BCUT2D eigenvalue weighted by molar-refractivity contribution is 0.246. The molecule has 7 heteroatoms. The molecule has 2 rings (SSSR count). The molecule has 1 heterocycles. The van der Waals surface area contributed by atoms with E-state index in [-0.39, 0.29) is 5.92 Å². The van der Waals surface area contributed by atoms with Crippen LogP contribution in [0.1, 0.15) is 24.8 Å². The highest BCUT2D eigenvalue weighted by Crippen LogP contribution is 2.24. The maximum Gasteiger partial charge on any atom is 0.281 e. The lowest BCUT2D eigenvalue weighted by Gasteiger charge is -2.33. The standard InChI is InChI=1S/C15H22F2N2O2S/c1-18(2)22(20,21)19-9-3-4-13(11-19)6-5-12-7-8-14(16)15(17)10-12/h7-8,10,13H,3-6,9,11H2,1-2H3. The normalized spacial score (nSPS) is 20.5. The van der Waals surface area contributed by atoms with Crippen molar-refractivity contribution in [1.82, 2.24) is 8.61 Å². The van der Waals surface area contributed by atoms with Gasteiger partial charge in [-0.2, -0.15) is 17.0 Å². The molecule has 124 valence electrons. The number of hydrogen-bond donors (Lipinski definition) is 0. The third kappa shape index (κ3) is 4.02. The average molecular weight is 332 g/mol. The van der Waals surface area contributed by atoms with Crippen LogP contribution in [0, 0.1) is 17.6 Å². The predicted molar refractivity (Wildman–Crippen MR) is 81.6 cm³/mol. The number of benzene rings is 1. The van der Waals surface area contributed by atoms with Gasteiger partial charge in [0, 0.05) is 27.2 Å². The van der Waals surface area contributed by atoms with Crippen LogP contribution in [-0.4, -0.2) is 44.2 Å². The maximum absolute atomic E-state index is 13.2. The first-order chi connectivity index (χ1) is 10.3. The van der Waals surface area contributed by atoms with Crippen LogP contribution in [0.2, 0.25) is 0 Å². The number of hydrogen-bond acceptors (Lipinski definition) is 2. The van der Waals surface area contributed by atoms with Crippen molar-refractivity contribution in [3.63, 3.8) is 0 Å². The van der Waals surface area contributed by atoms with Gasteiger partial charge in [0.15, 0.2) is 11.6 Å². The van der Waals surface area contributed by atoms with E-state index < -0.39 is 21.8 Å². The summed E-state index contributed by atoms with van der Waals surface area (Å²) in [7, 11) is -0.315. The van der Waals surface area contributed by atoms with Crippen LogP contribution >= 0.6 is 0 Å². The molecule has 0 radical (unpaired) electrons. The number of aryl methyl sites for hydroxylation is 1. The van der Waals surface area contributed by atoms with Crippen LogP contribution < -0.4 is 0 Å². The zero-order valence-corrected chi connectivity index (χ0v) is 13.7. The summed E-state index contributed by atoms with van der Waals surface area (Å²) >= 11 is 0. The Morgan fingerprint density at radius 1 is 1.27 bits per heavy atom. The zero-order valence-electron chi connectivity index (χ0n) is 12.9. The molecule has 0 spiro atoms. The Labute approximate surface area is 130 Å². The summed E-state index contributed by atoms with van der Waals surface area (Å²) < 4.78 is 53.1. The number of rotatable bonds is 5. The fourth-order valence-corrected chi connectivity index (χ4v) is 3.99. The van der Waals surface area contributed by atoms with Crippen molar-refractivity contribution in [2.45, 2.75) is 25.7 Å². The lowest BCUT2D eigenvalue weighted by Crippen LogP contribution is -2.45. The van der Waals surface area contributed by atoms with E-state index in [4.69, 9.17) is 0 Å². The Morgan fingerprint density at radius 2 is 2.00 bits per heavy atom. The molecule has 1 aromatic carbocycles. The van der Waals surface area contributed by atoms with Gasteiger partial charge in [-0.15, -0.1) is 0 Å². The molecule has 1 atom stereocenters. The first-order valence-electron chi connectivity index (χ1n) is 7.42. The fourth-order valence-electron chi connectivity index (χ4n) is 2.77. The summed E-state index contributed by atoms with van der Waals surface area (Å²) in [4.78, 5) is 0. The molecule has 0 N–H and O–H groups in total. The van der Waals surface area contributed by atoms with Crippen molar-refractivity contribution in [1.29, 1.82) is 0 Å². The molecule has 1 aromatic rings. The minimum absolute atomic E-state index is 0.247. The van der Waals surface area contributed by atoms with Crippen LogP contribution in [0.15, 0.2) is 18.2 Å². The number of piperidine rings is 1. The summed E-state index contributed by atoms with van der Waals surface area (Å²) in [6.07, 6.45) is 3.18. The molecular formula is C15H22F2N2O2S. The highest BCUT2D eigenvalue weighted by molar-refractivity contribution is 7.86. The lowest BCUT2D eigenvalue weighted by atomic mass is 9.93. The van der Waals surface area contributed by atoms with Crippen LogP contribution in [0.4, 0.5) is 8.78 Å². The minimum atomic E-state index is -3.37. The Bertz CT molecular complexity index is 620. The molecular weight excluding hydrogens is 310 g/mol. The van der Waals surface area contributed by atoms with Crippen LogP contribution in [0.5, 0.6) is 0 Å². The second kappa shape index (κ2) is 7.02. The largest absolute Gasteiger partial charge is 0.281 e. The minimum Gasteiger partial charge on any atom is -0.204 e. The number of halogens is 2. The molecule has 0 amide bonds. The average Bonchev–Trinajstić information content (AvgIpc) is 2.48. The van der Waals surface area contributed by atoms with E-state index in [9.17, 15) is 17.2 Å². The van der Waals surface area contributed by atoms with Crippen LogP contribution in [-0.2, 0) is 16.6 Å². The molecule has 1 fully saturated rings. The SMILES string of the molecule is CN(C)S(=O)(=O)N1CCCC(CCc2ccc(F)c(F)c2)C1. The van der Waals surface area contributed by atoms with E-state index in [0.29, 0.717) is 19.5 Å². The first-order valence-corrected chi connectivity index (χ1v) is 8.82. The van der Waals surface area contributed by atoms with Gasteiger partial charge in [0.25, 0.3) is 10.2 Å². The summed E-state index contributed by atoms with van der Waals surface area (Å²) in [5.41, 5.74) is 0.742. The Kier molecular flexibility index (Phi) is 5.52. The Hall–Kier alpha value is -1.05. The van der Waals surface area contributed by atoms with Gasteiger partial charge < -0.3 is 0 Å². The van der Waals surface area contributed by atoms with E-state index in [0.717, 1.165) is 30.9 Å². The zero-order chi connectivity index (χ0) is 16.3. The van der Waals surface area contributed by atoms with Gasteiger partial charge in [0.2, 0.25) is 0 Å². The van der Waals surface area contributed by atoms with E-state index >= 15 is 0 Å². The van der Waals surface area contributed by atoms with Gasteiger partial charge >= 0.3 is 0 Å². The van der Waals surface area contributed by atoms with Gasteiger partial charge in [-0.1, -0.05) is 6.07 Å².